The van der Waals surface area contributed by atoms with Crippen molar-refractivity contribution in [2.75, 3.05) is 14.2 Å². The van der Waals surface area contributed by atoms with Crippen molar-refractivity contribution >= 4 is 5.97 Å². The monoisotopic (exact) mass is 300 g/mol. The second-order valence-electron chi connectivity index (χ2n) is 4.98. The van der Waals surface area contributed by atoms with Gasteiger partial charge in [0.2, 0.25) is 0 Å². The number of aliphatic hydroxyl groups is 1. The molecule has 0 bridgehead atoms. The zero-order valence-electron chi connectivity index (χ0n) is 12.3. The van der Waals surface area contributed by atoms with Gasteiger partial charge in [-0.3, -0.25) is 0 Å². The van der Waals surface area contributed by atoms with Crippen molar-refractivity contribution < 1.29 is 24.1 Å². The van der Waals surface area contributed by atoms with Crippen molar-refractivity contribution in [1.82, 2.24) is 0 Å². The highest BCUT2D eigenvalue weighted by atomic mass is 16.6. The number of carbonyl (C=O) groups is 1. The predicted molar refractivity (Wildman–Crippen MR) is 79.1 cm³/mol. The van der Waals surface area contributed by atoms with Gasteiger partial charge in [-0.1, -0.05) is 30.3 Å². The number of hydrogen-bond donors (Lipinski definition) is 1. The standard InChI is InChI=1S/C17H16O5/c1-20-13-8-11-12(9-14(13)21-2)17(19)22-16(11)15(18)10-6-4-3-5-7-10/h3-9,15-16,18H,1-2H3/t15-,16-/m1/s1. The first-order chi connectivity index (χ1) is 10.7. The van der Waals surface area contributed by atoms with Crippen molar-refractivity contribution in [2.24, 2.45) is 0 Å². The van der Waals surface area contributed by atoms with E-state index in [0.717, 1.165) is 0 Å². The van der Waals surface area contributed by atoms with Gasteiger partial charge >= 0.3 is 5.97 Å². The zero-order chi connectivity index (χ0) is 15.7. The number of esters is 1. The number of ether oxygens (including phenoxy) is 3. The van der Waals surface area contributed by atoms with Crippen LogP contribution >= 0.6 is 0 Å². The molecule has 0 radical (unpaired) electrons. The van der Waals surface area contributed by atoms with E-state index in [2.05, 4.69) is 0 Å². The first-order valence-corrected chi connectivity index (χ1v) is 6.85. The molecule has 0 aromatic heterocycles. The van der Waals surface area contributed by atoms with E-state index in [4.69, 9.17) is 14.2 Å². The topological polar surface area (TPSA) is 65.0 Å². The van der Waals surface area contributed by atoms with Gasteiger partial charge in [0.25, 0.3) is 0 Å². The molecule has 2 aromatic carbocycles. The van der Waals surface area contributed by atoms with Crippen LogP contribution in [0.2, 0.25) is 0 Å². The molecular weight excluding hydrogens is 284 g/mol. The predicted octanol–water partition coefficient (Wildman–Crippen LogP) is 2.65. The van der Waals surface area contributed by atoms with E-state index in [0.29, 0.717) is 28.2 Å². The molecule has 0 saturated carbocycles. The molecule has 0 aliphatic carbocycles. The third kappa shape index (κ3) is 2.29. The number of rotatable bonds is 4. The van der Waals surface area contributed by atoms with Crippen LogP contribution in [0.1, 0.15) is 33.7 Å². The number of fused-ring (bicyclic) bond motifs is 1. The first-order valence-electron chi connectivity index (χ1n) is 6.85. The van der Waals surface area contributed by atoms with Crippen LogP contribution in [-0.4, -0.2) is 25.3 Å². The lowest BCUT2D eigenvalue weighted by atomic mass is 9.96. The van der Waals surface area contributed by atoms with Crippen molar-refractivity contribution in [2.45, 2.75) is 12.2 Å². The Morgan fingerprint density at radius 1 is 1.09 bits per heavy atom. The van der Waals surface area contributed by atoms with Gasteiger partial charge < -0.3 is 19.3 Å². The molecule has 0 amide bonds. The number of carbonyl (C=O) groups excluding carboxylic acids is 1. The Morgan fingerprint density at radius 3 is 2.36 bits per heavy atom. The van der Waals surface area contributed by atoms with Crippen molar-refractivity contribution in [3.05, 3.63) is 59.2 Å². The smallest absolute Gasteiger partial charge is 0.339 e. The van der Waals surface area contributed by atoms with Crippen molar-refractivity contribution in [1.29, 1.82) is 0 Å². The molecule has 1 aliphatic heterocycles. The van der Waals surface area contributed by atoms with Crippen LogP contribution in [0.5, 0.6) is 11.5 Å². The lowest BCUT2D eigenvalue weighted by Crippen LogP contribution is -2.10. The van der Waals surface area contributed by atoms with Crippen LogP contribution in [0.15, 0.2) is 42.5 Å². The molecule has 5 nitrogen and oxygen atoms in total. The molecule has 0 saturated heterocycles. The molecule has 1 heterocycles. The molecule has 22 heavy (non-hydrogen) atoms. The number of aliphatic hydroxyl groups excluding tert-OH is 1. The number of methoxy groups -OCH3 is 2. The van der Waals surface area contributed by atoms with Crippen LogP contribution in [0.3, 0.4) is 0 Å². The van der Waals surface area contributed by atoms with E-state index in [9.17, 15) is 9.90 Å². The van der Waals surface area contributed by atoms with Gasteiger partial charge in [-0.25, -0.2) is 4.79 Å². The summed E-state index contributed by atoms with van der Waals surface area (Å²) in [5.74, 6) is 0.466. The SMILES string of the molecule is COc1cc2c(cc1OC)[C@H]([C@H](O)c1ccccc1)OC2=O. The quantitative estimate of drug-likeness (QED) is 0.879. The highest BCUT2D eigenvalue weighted by Gasteiger charge is 2.38. The van der Waals surface area contributed by atoms with E-state index in [1.807, 2.05) is 18.2 Å². The van der Waals surface area contributed by atoms with Gasteiger partial charge in [0.1, 0.15) is 6.10 Å². The van der Waals surface area contributed by atoms with Crippen molar-refractivity contribution in [3.63, 3.8) is 0 Å². The summed E-state index contributed by atoms with van der Waals surface area (Å²) in [6.45, 7) is 0. The average Bonchev–Trinajstić information content (AvgIpc) is 2.89. The summed E-state index contributed by atoms with van der Waals surface area (Å²) in [5.41, 5.74) is 1.67. The van der Waals surface area contributed by atoms with Crippen LogP contribution < -0.4 is 9.47 Å². The maximum absolute atomic E-state index is 12.0. The average molecular weight is 300 g/mol. The largest absolute Gasteiger partial charge is 0.493 e. The Morgan fingerprint density at radius 2 is 1.73 bits per heavy atom. The minimum absolute atomic E-state index is 0.387. The number of cyclic esters (lactones) is 1. The Labute approximate surface area is 128 Å². The maximum Gasteiger partial charge on any atom is 0.339 e. The van der Waals surface area contributed by atoms with Crippen LogP contribution in [0, 0.1) is 0 Å². The summed E-state index contributed by atoms with van der Waals surface area (Å²) in [4.78, 5) is 12.0. The summed E-state index contributed by atoms with van der Waals surface area (Å²) in [6, 6.07) is 12.3. The summed E-state index contributed by atoms with van der Waals surface area (Å²) in [5, 5.41) is 10.5. The van der Waals surface area contributed by atoms with Crippen LogP contribution in [0.4, 0.5) is 0 Å². The fourth-order valence-electron chi connectivity index (χ4n) is 2.61. The highest BCUT2D eigenvalue weighted by molar-refractivity contribution is 5.95. The molecule has 0 unspecified atom stereocenters. The highest BCUT2D eigenvalue weighted by Crippen LogP contribution is 2.43. The lowest BCUT2D eigenvalue weighted by molar-refractivity contribution is -0.0103. The Bertz CT molecular complexity index is 696. The van der Waals surface area contributed by atoms with Crippen LogP contribution in [-0.2, 0) is 4.74 Å². The summed E-state index contributed by atoms with van der Waals surface area (Å²) < 4.78 is 15.8. The second-order valence-corrected chi connectivity index (χ2v) is 4.98. The Balaban J connectivity index is 2.03. The summed E-state index contributed by atoms with van der Waals surface area (Å²) in [6.07, 6.45) is -1.70. The minimum atomic E-state index is -0.940. The zero-order valence-corrected chi connectivity index (χ0v) is 12.3. The van der Waals surface area contributed by atoms with Gasteiger partial charge in [-0.15, -0.1) is 0 Å². The van der Waals surface area contributed by atoms with Gasteiger partial charge in [-0.2, -0.15) is 0 Å². The molecule has 2 aromatic rings. The van der Waals surface area contributed by atoms with Gasteiger partial charge in [-0.05, 0) is 17.7 Å². The minimum Gasteiger partial charge on any atom is -0.493 e. The Hall–Kier alpha value is -2.53. The van der Waals surface area contributed by atoms with E-state index in [-0.39, 0.29) is 0 Å². The molecule has 1 aliphatic rings. The third-order valence-electron chi connectivity index (χ3n) is 3.74. The Kier molecular flexibility index (Phi) is 3.73. The lowest BCUT2D eigenvalue weighted by Gasteiger charge is -2.19. The van der Waals surface area contributed by atoms with Gasteiger partial charge in [0, 0.05) is 5.56 Å². The second kappa shape index (κ2) is 5.69. The molecule has 3 rings (SSSR count). The molecule has 1 N–H and O–H groups in total. The maximum atomic E-state index is 12.0. The molecule has 0 fully saturated rings. The van der Waals surface area contributed by atoms with Crippen molar-refractivity contribution in [3.8, 4) is 11.5 Å². The fraction of sp³-hybridized carbons (Fsp3) is 0.235. The van der Waals surface area contributed by atoms with Crippen LogP contribution in [0.25, 0.3) is 0 Å². The van der Waals surface area contributed by atoms with E-state index in [1.54, 1.807) is 24.3 Å². The molecule has 2 atom stereocenters. The molecule has 5 heteroatoms. The number of benzene rings is 2. The molecular formula is C17H16O5. The third-order valence-corrected chi connectivity index (χ3v) is 3.74. The molecule has 0 spiro atoms. The fourth-order valence-corrected chi connectivity index (χ4v) is 2.61. The van der Waals surface area contributed by atoms with E-state index in [1.165, 1.54) is 14.2 Å². The van der Waals surface area contributed by atoms with E-state index >= 15 is 0 Å². The first kappa shape index (κ1) is 14.4. The van der Waals surface area contributed by atoms with E-state index < -0.39 is 18.2 Å². The summed E-state index contributed by atoms with van der Waals surface area (Å²) >= 11 is 0. The summed E-state index contributed by atoms with van der Waals surface area (Å²) in [7, 11) is 3.02. The van der Waals surface area contributed by atoms with Gasteiger partial charge in [0.15, 0.2) is 17.6 Å². The molecule has 114 valence electrons. The normalized spacial score (nSPS) is 17.6. The van der Waals surface area contributed by atoms with Gasteiger partial charge in [0.05, 0.1) is 19.8 Å². The number of hydrogen-bond acceptors (Lipinski definition) is 5.